The van der Waals surface area contributed by atoms with E-state index in [1.165, 1.54) is 13.2 Å². The Labute approximate surface area is 122 Å². The highest BCUT2D eigenvalue weighted by molar-refractivity contribution is 6.32. The molecule has 0 saturated carbocycles. The Morgan fingerprint density at radius 3 is 2.80 bits per heavy atom. The zero-order chi connectivity index (χ0) is 14.7. The summed E-state index contributed by atoms with van der Waals surface area (Å²) >= 11 is 6.01. The molecule has 0 unspecified atom stereocenters. The molecule has 0 spiro atoms. The van der Waals surface area contributed by atoms with Crippen LogP contribution >= 0.6 is 11.6 Å². The SMILES string of the molecule is C=C1C(Cl)=CC=C(c2c(F)cccc2OCOC)N1C. The van der Waals surface area contributed by atoms with E-state index >= 15 is 0 Å². The number of rotatable bonds is 4. The van der Waals surface area contributed by atoms with Gasteiger partial charge in [0.1, 0.15) is 11.6 Å². The average Bonchev–Trinajstić information content (AvgIpc) is 2.44. The fourth-order valence-corrected chi connectivity index (χ4v) is 2.10. The van der Waals surface area contributed by atoms with E-state index in [2.05, 4.69) is 6.58 Å². The molecule has 0 atom stereocenters. The first-order chi connectivity index (χ1) is 9.56. The summed E-state index contributed by atoms with van der Waals surface area (Å²) in [4.78, 5) is 1.72. The predicted octanol–water partition coefficient (Wildman–Crippen LogP) is 3.73. The molecule has 2 rings (SSSR count). The molecule has 0 radical (unpaired) electrons. The van der Waals surface area contributed by atoms with Gasteiger partial charge in [0, 0.05) is 14.2 Å². The maximum Gasteiger partial charge on any atom is 0.188 e. The van der Waals surface area contributed by atoms with Crippen molar-refractivity contribution in [3.8, 4) is 5.75 Å². The molecule has 0 aliphatic carbocycles. The second-order valence-electron chi connectivity index (χ2n) is 4.24. The molecule has 3 nitrogen and oxygen atoms in total. The van der Waals surface area contributed by atoms with Gasteiger partial charge in [-0.2, -0.15) is 0 Å². The molecule has 1 heterocycles. The number of ether oxygens (including phenoxy) is 2. The molecule has 0 bridgehead atoms. The molecule has 0 amide bonds. The molecule has 1 aliphatic rings. The molecule has 0 N–H and O–H groups in total. The minimum Gasteiger partial charge on any atom is -0.467 e. The van der Waals surface area contributed by atoms with Crippen LogP contribution in [0.15, 0.2) is 47.7 Å². The minimum atomic E-state index is -0.379. The first-order valence-corrected chi connectivity index (χ1v) is 6.35. The lowest BCUT2D eigenvalue weighted by Gasteiger charge is -2.28. The Hall–Kier alpha value is -1.78. The number of methoxy groups -OCH3 is 1. The highest BCUT2D eigenvalue weighted by Gasteiger charge is 2.22. The number of allylic oxidation sites excluding steroid dienone is 3. The summed E-state index contributed by atoms with van der Waals surface area (Å²) in [5.41, 5.74) is 1.59. The lowest BCUT2D eigenvalue weighted by molar-refractivity contribution is 0.0506. The van der Waals surface area contributed by atoms with Crippen LogP contribution in [0.2, 0.25) is 0 Å². The summed E-state index contributed by atoms with van der Waals surface area (Å²) in [7, 11) is 3.28. The molecule has 0 fully saturated rings. The third-order valence-electron chi connectivity index (χ3n) is 2.99. The van der Waals surface area contributed by atoms with Gasteiger partial charge in [-0.3, -0.25) is 0 Å². The number of likely N-dealkylation sites (N-methyl/N-ethyl adjacent to an activating group) is 1. The number of halogens is 2. The standard InChI is InChI=1S/C15H15ClFNO2/c1-10-11(16)7-8-13(18(10)2)15-12(17)5-4-6-14(15)20-9-19-3/h4-8H,1,9H2,2-3H3. The van der Waals surface area contributed by atoms with Gasteiger partial charge < -0.3 is 14.4 Å². The summed E-state index contributed by atoms with van der Waals surface area (Å²) in [6.07, 6.45) is 3.42. The average molecular weight is 296 g/mol. The van der Waals surface area contributed by atoms with Crippen molar-refractivity contribution in [2.45, 2.75) is 0 Å². The Morgan fingerprint density at radius 2 is 2.10 bits per heavy atom. The molecule has 20 heavy (non-hydrogen) atoms. The highest BCUT2D eigenvalue weighted by Crippen LogP contribution is 2.36. The van der Waals surface area contributed by atoms with Gasteiger partial charge in [0.25, 0.3) is 0 Å². The lowest BCUT2D eigenvalue weighted by atomic mass is 10.1. The van der Waals surface area contributed by atoms with Crippen LogP contribution in [0.3, 0.4) is 0 Å². The molecule has 106 valence electrons. The van der Waals surface area contributed by atoms with Gasteiger partial charge in [-0.15, -0.1) is 0 Å². The van der Waals surface area contributed by atoms with E-state index in [0.29, 0.717) is 27.7 Å². The number of nitrogens with zero attached hydrogens (tertiary/aromatic N) is 1. The summed E-state index contributed by atoms with van der Waals surface area (Å²) in [6.45, 7) is 3.92. The molecule has 5 heteroatoms. The van der Waals surface area contributed by atoms with Crippen molar-refractivity contribution >= 4 is 17.3 Å². The van der Waals surface area contributed by atoms with Crippen LogP contribution in [0.4, 0.5) is 4.39 Å². The van der Waals surface area contributed by atoms with Gasteiger partial charge in [0.05, 0.1) is 22.0 Å². The van der Waals surface area contributed by atoms with Crippen LogP contribution in [0.25, 0.3) is 5.70 Å². The van der Waals surface area contributed by atoms with Crippen molar-refractivity contribution in [1.82, 2.24) is 4.90 Å². The number of hydrogen-bond acceptors (Lipinski definition) is 3. The fraction of sp³-hybridized carbons (Fsp3) is 0.200. The summed E-state index contributed by atoms with van der Waals surface area (Å²) in [5.74, 6) is 0.0279. The van der Waals surface area contributed by atoms with Crippen LogP contribution in [-0.4, -0.2) is 25.9 Å². The predicted molar refractivity (Wildman–Crippen MR) is 77.7 cm³/mol. The smallest absolute Gasteiger partial charge is 0.188 e. The van der Waals surface area contributed by atoms with Gasteiger partial charge in [-0.05, 0) is 24.3 Å². The Kier molecular flexibility index (Phi) is 4.47. The van der Waals surface area contributed by atoms with Crippen molar-refractivity contribution in [2.24, 2.45) is 0 Å². The van der Waals surface area contributed by atoms with E-state index in [4.69, 9.17) is 21.1 Å². The van der Waals surface area contributed by atoms with Gasteiger partial charge >= 0.3 is 0 Å². The molecular weight excluding hydrogens is 281 g/mol. The Morgan fingerprint density at radius 1 is 1.35 bits per heavy atom. The van der Waals surface area contributed by atoms with Gasteiger partial charge in [-0.1, -0.05) is 24.2 Å². The number of benzene rings is 1. The Bertz CT molecular complexity index is 596. The third-order valence-corrected chi connectivity index (χ3v) is 3.34. The van der Waals surface area contributed by atoms with Gasteiger partial charge in [-0.25, -0.2) is 4.39 Å². The van der Waals surface area contributed by atoms with Crippen molar-refractivity contribution in [1.29, 1.82) is 0 Å². The van der Waals surface area contributed by atoms with Crippen LogP contribution in [-0.2, 0) is 4.74 Å². The van der Waals surface area contributed by atoms with E-state index in [-0.39, 0.29) is 12.6 Å². The fourth-order valence-electron chi connectivity index (χ4n) is 1.91. The van der Waals surface area contributed by atoms with Crippen LogP contribution in [0.1, 0.15) is 5.56 Å². The van der Waals surface area contributed by atoms with E-state index in [1.807, 2.05) is 0 Å². The van der Waals surface area contributed by atoms with E-state index in [9.17, 15) is 4.39 Å². The largest absolute Gasteiger partial charge is 0.467 e. The van der Waals surface area contributed by atoms with Crippen LogP contribution in [0, 0.1) is 5.82 Å². The minimum absolute atomic E-state index is 0.0466. The Balaban J connectivity index is 2.49. The quantitative estimate of drug-likeness (QED) is 0.790. The topological polar surface area (TPSA) is 21.7 Å². The van der Waals surface area contributed by atoms with Crippen LogP contribution < -0.4 is 4.74 Å². The van der Waals surface area contributed by atoms with E-state index in [0.717, 1.165) is 0 Å². The molecule has 1 aromatic carbocycles. The second-order valence-corrected chi connectivity index (χ2v) is 4.64. The zero-order valence-electron chi connectivity index (χ0n) is 11.3. The highest BCUT2D eigenvalue weighted by atomic mass is 35.5. The van der Waals surface area contributed by atoms with Gasteiger partial charge in [0.2, 0.25) is 0 Å². The normalized spacial score (nSPS) is 15.0. The molecular formula is C15H15ClFNO2. The van der Waals surface area contributed by atoms with Crippen molar-refractivity contribution in [2.75, 3.05) is 21.0 Å². The lowest BCUT2D eigenvalue weighted by Crippen LogP contribution is -2.19. The van der Waals surface area contributed by atoms with Crippen molar-refractivity contribution in [3.63, 3.8) is 0 Å². The first kappa shape index (κ1) is 14.6. The maximum atomic E-state index is 14.2. The summed E-state index contributed by atoms with van der Waals surface area (Å²) < 4.78 is 24.5. The van der Waals surface area contributed by atoms with Gasteiger partial charge in [0.15, 0.2) is 6.79 Å². The third kappa shape index (κ3) is 2.71. The van der Waals surface area contributed by atoms with Crippen molar-refractivity contribution < 1.29 is 13.9 Å². The monoisotopic (exact) mass is 295 g/mol. The van der Waals surface area contributed by atoms with Crippen molar-refractivity contribution in [3.05, 3.63) is 59.0 Å². The molecule has 1 aromatic rings. The summed E-state index contributed by atoms with van der Waals surface area (Å²) in [6, 6.07) is 4.66. The maximum absolute atomic E-state index is 14.2. The summed E-state index contributed by atoms with van der Waals surface area (Å²) in [5, 5.41) is 0.520. The molecule has 0 saturated heterocycles. The zero-order valence-corrected chi connectivity index (χ0v) is 12.1. The molecule has 0 aromatic heterocycles. The molecule has 1 aliphatic heterocycles. The van der Waals surface area contributed by atoms with Crippen LogP contribution in [0.5, 0.6) is 5.75 Å². The second kappa shape index (κ2) is 6.11. The van der Waals surface area contributed by atoms with E-state index < -0.39 is 0 Å². The first-order valence-electron chi connectivity index (χ1n) is 5.97. The number of hydrogen-bond donors (Lipinski definition) is 0. The van der Waals surface area contributed by atoms with E-state index in [1.54, 1.807) is 36.2 Å².